The van der Waals surface area contributed by atoms with E-state index in [1.807, 2.05) is 0 Å². The molecule has 0 saturated carbocycles. The number of nitrogens with one attached hydrogen (secondary N) is 1. The first-order valence-corrected chi connectivity index (χ1v) is 6.77. The van der Waals surface area contributed by atoms with Crippen LogP contribution in [-0.4, -0.2) is 10.9 Å². The van der Waals surface area contributed by atoms with Crippen LogP contribution < -0.4 is 11.1 Å². The van der Waals surface area contributed by atoms with Crippen molar-refractivity contribution in [2.24, 2.45) is 0 Å². The SMILES string of the molecule is Nc1ccc2nc(NC(=O)c3cc(F)ccc3F)sc2c1. The molecule has 21 heavy (non-hydrogen) atoms. The number of hydrogen-bond donors (Lipinski definition) is 2. The molecule has 3 N–H and O–H groups in total. The Bertz CT molecular complexity index is 847. The minimum atomic E-state index is -0.792. The number of nitrogens with zero attached hydrogens (tertiary/aromatic N) is 1. The molecular weight excluding hydrogens is 296 g/mol. The summed E-state index contributed by atoms with van der Waals surface area (Å²) in [7, 11) is 0. The second-order valence-corrected chi connectivity index (χ2v) is 5.36. The normalized spacial score (nSPS) is 10.8. The van der Waals surface area contributed by atoms with Gasteiger partial charge in [-0.3, -0.25) is 10.1 Å². The Kier molecular flexibility index (Phi) is 3.26. The van der Waals surface area contributed by atoms with Crippen molar-refractivity contribution in [1.82, 2.24) is 4.98 Å². The number of fused-ring (bicyclic) bond motifs is 1. The van der Waals surface area contributed by atoms with Gasteiger partial charge in [-0.25, -0.2) is 13.8 Å². The third-order valence-corrected chi connectivity index (χ3v) is 3.74. The van der Waals surface area contributed by atoms with E-state index in [9.17, 15) is 13.6 Å². The molecule has 0 spiro atoms. The lowest BCUT2D eigenvalue weighted by Gasteiger charge is -2.02. The van der Waals surface area contributed by atoms with Crippen molar-refractivity contribution >= 4 is 38.3 Å². The van der Waals surface area contributed by atoms with E-state index in [4.69, 9.17) is 5.73 Å². The van der Waals surface area contributed by atoms with Gasteiger partial charge in [0.15, 0.2) is 5.13 Å². The molecule has 0 aliphatic carbocycles. The highest BCUT2D eigenvalue weighted by molar-refractivity contribution is 7.22. The van der Waals surface area contributed by atoms with Gasteiger partial charge in [0.25, 0.3) is 5.91 Å². The van der Waals surface area contributed by atoms with E-state index >= 15 is 0 Å². The van der Waals surface area contributed by atoms with Crippen LogP contribution in [0.5, 0.6) is 0 Å². The Labute approximate surface area is 122 Å². The number of aromatic nitrogens is 1. The molecule has 0 aliphatic rings. The summed E-state index contributed by atoms with van der Waals surface area (Å²) in [6, 6.07) is 7.84. The summed E-state index contributed by atoms with van der Waals surface area (Å²) in [5.41, 5.74) is 6.55. The number of halogens is 2. The standard InChI is InChI=1S/C14H9F2N3OS/c15-7-1-3-10(16)9(5-7)13(20)19-14-18-11-4-2-8(17)6-12(11)21-14/h1-6H,17H2,(H,18,19,20). The molecule has 1 amide bonds. The zero-order valence-corrected chi connectivity index (χ0v) is 11.4. The van der Waals surface area contributed by atoms with Crippen LogP contribution in [0.15, 0.2) is 36.4 Å². The fourth-order valence-electron chi connectivity index (χ4n) is 1.83. The van der Waals surface area contributed by atoms with E-state index in [2.05, 4.69) is 10.3 Å². The predicted molar refractivity (Wildman–Crippen MR) is 78.3 cm³/mol. The number of carbonyl (C=O) groups excluding carboxylic acids is 1. The lowest BCUT2D eigenvalue weighted by molar-refractivity contribution is 0.102. The predicted octanol–water partition coefficient (Wildman–Crippen LogP) is 3.41. The number of benzene rings is 2. The zero-order chi connectivity index (χ0) is 15.0. The first-order chi connectivity index (χ1) is 10.0. The summed E-state index contributed by atoms with van der Waals surface area (Å²) >= 11 is 1.21. The average Bonchev–Trinajstić information content (AvgIpc) is 2.82. The lowest BCUT2D eigenvalue weighted by Crippen LogP contribution is -2.13. The molecule has 0 unspecified atom stereocenters. The Morgan fingerprint density at radius 3 is 2.81 bits per heavy atom. The van der Waals surface area contributed by atoms with Gasteiger partial charge in [-0.2, -0.15) is 0 Å². The number of thiazole rings is 1. The van der Waals surface area contributed by atoms with E-state index in [-0.39, 0.29) is 5.56 Å². The van der Waals surface area contributed by atoms with Crippen LogP contribution >= 0.6 is 11.3 Å². The maximum atomic E-state index is 13.5. The van der Waals surface area contributed by atoms with Gasteiger partial charge in [-0.15, -0.1) is 0 Å². The third-order valence-electron chi connectivity index (χ3n) is 2.81. The van der Waals surface area contributed by atoms with Crippen LogP contribution in [0.4, 0.5) is 19.6 Å². The first kappa shape index (κ1) is 13.4. The molecule has 2 aromatic carbocycles. The van der Waals surface area contributed by atoms with Crippen LogP contribution in [0.3, 0.4) is 0 Å². The quantitative estimate of drug-likeness (QED) is 0.713. The molecule has 0 radical (unpaired) electrons. The van der Waals surface area contributed by atoms with Crippen LogP contribution in [0.25, 0.3) is 10.2 Å². The third kappa shape index (κ3) is 2.68. The van der Waals surface area contributed by atoms with Crippen LogP contribution in [0.2, 0.25) is 0 Å². The molecule has 3 aromatic rings. The van der Waals surface area contributed by atoms with E-state index < -0.39 is 17.5 Å². The molecular formula is C14H9F2N3OS. The maximum absolute atomic E-state index is 13.5. The maximum Gasteiger partial charge on any atom is 0.260 e. The monoisotopic (exact) mass is 305 g/mol. The van der Waals surface area contributed by atoms with E-state index in [0.717, 1.165) is 22.9 Å². The topological polar surface area (TPSA) is 68.0 Å². The van der Waals surface area contributed by atoms with Gasteiger partial charge in [0.1, 0.15) is 11.6 Å². The first-order valence-electron chi connectivity index (χ1n) is 5.95. The Morgan fingerprint density at radius 2 is 2.00 bits per heavy atom. The highest BCUT2D eigenvalue weighted by atomic mass is 32.1. The fourth-order valence-corrected chi connectivity index (χ4v) is 2.74. The molecule has 0 bridgehead atoms. The average molecular weight is 305 g/mol. The summed E-state index contributed by atoms with van der Waals surface area (Å²) < 4.78 is 27.4. The molecule has 0 saturated heterocycles. The number of rotatable bonds is 2. The molecule has 1 heterocycles. The lowest BCUT2D eigenvalue weighted by atomic mass is 10.2. The minimum absolute atomic E-state index is 0.296. The van der Waals surface area contributed by atoms with Gasteiger partial charge in [-0.05, 0) is 36.4 Å². The van der Waals surface area contributed by atoms with Crippen molar-refractivity contribution < 1.29 is 13.6 Å². The number of nitrogens with two attached hydrogens (primary N) is 1. The van der Waals surface area contributed by atoms with E-state index in [1.165, 1.54) is 11.3 Å². The molecule has 0 aliphatic heterocycles. The molecule has 1 aromatic heterocycles. The fraction of sp³-hybridized carbons (Fsp3) is 0. The summed E-state index contributed by atoms with van der Waals surface area (Å²) in [5.74, 6) is -2.23. The van der Waals surface area contributed by atoms with Crippen molar-refractivity contribution in [3.63, 3.8) is 0 Å². The largest absolute Gasteiger partial charge is 0.399 e. The molecule has 4 nitrogen and oxygen atoms in total. The van der Waals surface area contributed by atoms with Crippen LogP contribution in [-0.2, 0) is 0 Å². The van der Waals surface area contributed by atoms with Gasteiger partial charge >= 0.3 is 0 Å². The van der Waals surface area contributed by atoms with Gasteiger partial charge in [0, 0.05) is 5.69 Å². The van der Waals surface area contributed by atoms with Gasteiger partial charge < -0.3 is 5.73 Å². The van der Waals surface area contributed by atoms with Crippen molar-refractivity contribution in [1.29, 1.82) is 0 Å². The molecule has 7 heteroatoms. The molecule has 0 atom stereocenters. The minimum Gasteiger partial charge on any atom is -0.399 e. The smallest absolute Gasteiger partial charge is 0.260 e. The number of hydrogen-bond acceptors (Lipinski definition) is 4. The van der Waals surface area contributed by atoms with E-state index in [1.54, 1.807) is 18.2 Å². The highest BCUT2D eigenvalue weighted by Gasteiger charge is 2.15. The summed E-state index contributed by atoms with van der Waals surface area (Å²) in [6.07, 6.45) is 0. The van der Waals surface area contributed by atoms with Crippen molar-refractivity contribution in [3.05, 3.63) is 53.6 Å². The summed E-state index contributed by atoms with van der Waals surface area (Å²) in [6.45, 7) is 0. The Balaban J connectivity index is 1.90. The number of anilines is 2. The molecule has 3 rings (SSSR count). The Hall–Kier alpha value is -2.54. The van der Waals surface area contributed by atoms with E-state index in [0.29, 0.717) is 16.3 Å². The summed E-state index contributed by atoms with van der Waals surface area (Å²) in [4.78, 5) is 16.1. The summed E-state index contributed by atoms with van der Waals surface area (Å²) in [5, 5.41) is 2.75. The molecule has 106 valence electrons. The van der Waals surface area contributed by atoms with Crippen molar-refractivity contribution in [2.75, 3.05) is 11.1 Å². The van der Waals surface area contributed by atoms with Crippen LogP contribution in [0, 0.1) is 11.6 Å². The van der Waals surface area contributed by atoms with Gasteiger partial charge in [0.05, 0.1) is 15.8 Å². The number of nitrogen functional groups attached to an aromatic ring is 1. The number of amides is 1. The zero-order valence-electron chi connectivity index (χ0n) is 10.6. The van der Waals surface area contributed by atoms with Gasteiger partial charge in [-0.1, -0.05) is 11.3 Å². The van der Waals surface area contributed by atoms with Crippen molar-refractivity contribution in [3.8, 4) is 0 Å². The van der Waals surface area contributed by atoms with Gasteiger partial charge in [0.2, 0.25) is 0 Å². The van der Waals surface area contributed by atoms with Crippen LogP contribution in [0.1, 0.15) is 10.4 Å². The highest BCUT2D eigenvalue weighted by Crippen LogP contribution is 2.28. The van der Waals surface area contributed by atoms with Crippen molar-refractivity contribution in [2.45, 2.75) is 0 Å². The second kappa shape index (κ2) is 5.10. The Morgan fingerprint density at radius 1 is 1.19 bits per heavy atom. The molecule has 0 fully saturated rings. The number of carbonyl (C=O) groups is 1. The second-order valence-electron chi connectivity index (χ2n) is 4.32.